The highest BCUT2D eigenvalue weighted by molar-refractivity contribution is 9.10. The molecule has 1 saturated carbocycles. The molecule has 13 heavy (non-hydrogen) atoms. The maximum Gasteiger partial charge on any atom is 0.0641 e. The standard InChI is InChI=1S/C10H9BrClN/c11-7-1-2-8(12)10-9(7)6-3-5(6)4-13-10/h1-2,5-6,13H,3-4H2. The van der Waals surface area contributed by atoms with Crippen molar-refractivity contribution >= 4 is 33.2 Å². The number of anilines is 1. The molecule has 1 aliphatic heterocycles. The zero-order chi connectivity index (χ0) is 9.00. The minimum atomic E-state index is 0.754. The molecule has 68 valence electrons. The predicted octanol–water partition coefficient (Wildman–Crippen LogP) is 3.63. The summed E-state index contributed by atoms with van der Waals surface area (Å²) in [6, 6.07) is 3.99. The number of hydrogen-bond donors (Lipinski definition) is 1. The Hall–Kier alpha value is -0.210. The second kappa shape index (κ2) is 2.64. The Kier molecular flexibility index (Phi) is 1.65. The monoisotopic (exact) mass is 257 g/mol. The molecule has 0 aromatic heterocycles. The molecule has 0 amide bonds. The molecule has 0 bridgehead atoms. The van der Waals surface area contributed by atoms with Gasteiger partial charge in [-0.15, -0.1) is 0 Å². The van der Waals surface area contributed by atoms with Crippen LogP contribution in [-0.2, 0) is 0 Å². The van der Waals surface area contributed by atoms with Crippen LogP contribution in [0, 0.1) is 5.92 Å². The second-order valence-electron chi connectivity index (χ2n) is 3.80. The summed E-state index contributed by atoms with van der Waals surface area (Å²) < 4.78 is 1.20. The van der Waals surface area contributed by atoms with Crippen LogP contribution in [0.2, 0.25) is 5.02 Å². The molecule has 1 heterocycles. The topological polar surface area (TPSA) is 12.0 Å². The van der Waals surface area contributed by atoms with E-state index >= 15 is 0 Å². The van der Waals surface area contributed by atoms with E-state index in [0.717, 1.165) is 29.1 Å². The highest BCUT2D eigenvalue weighted by atomic mass is 79.9. The summed E-state index contributed by atoms with van der Waals surface area (Å²) in [4.78, 5) is 0. The highest BCUT2D eigenvalue weighted by Gasteiger charge is 2.43. The van der Waals surface area contributed by atoms with Crippen LogP contribution in [0.5, 0.6) is 0 Å². The van der Waals surface area contributed by atoms with Crippen LogP contribution in [0.4, 0.5) is 5.69 Å². The van der Waals surface area contributed by atoms with Crippen molar-refractivity contribution in [3.63, 3.8) is 0 Å². The number of halogens is 2. The van der Waals surface area contributed by atoms with Gasteiger partial charge in [0.2, 0.25) is 0 Å². The molecule has 0 radical (unpaired) electrons. The molecular formula is C10H9BrClN. The molecule has 0 saturated heterocycles. The largest absolute Gasteiger partial charge is 0.383 e. The van der Waals surface area contributed by atoms with Gasteiger partial charge in [0.05, 0.1) is 10.7 Å². The minimum absolute atomic E-state index is 0.754. The first-order valence-corrected chi connectivity index (χ1v) is 5.66. The smallest absolute Gasteiger partial charge is 0.0641 e. The normalized spacial score (nSPS) is 28.8. The molecule has 2 unspecified atom stereocenters. The zero-order valence-electron chi connectivity index (χ0n) is 6.98. The molecule has 1 nitrogen and oxygen atoms in total. The van der Waals surface area contributed by atoms with E-state index in [1.165, 1.54) is 16.5 Å². The average Bonchev–Trinajstić information content (AvgIpc) is 2.89. The van der Waals surface area contributed by atoms with E-state index < -0.39 is 0 Å². The van der Waals surface area contributed by atoms with Gasteiger partial charge in [-0.25, -0.2) is 0 Å². The van der Waals surface area contributed by atoms with Crippen molar-refractivity contribution < 1.29 is 0 Å². The van der Waals surface area contributed by atoms with Crippen LogP contribution >= 0.6 is 27.5 Å². The van der Waals surface area contributed by atoms with E-state index in [0.29, 0.717) is 0 Å². The summed E-state index contributed by atoms with van der Waals surface area (Å²) in [5.74, 6) is 1.60. The maximum atomic E-state index is 6.11. The Morgan fingerprint density at radius 1 is 1.46 bits per heavy atom. The van der Waals surface area contributed by atoms with E-state index in [-0.39, 0.29) is 0 Å². The van der Waals surface area contributed by atoms with Gasteiger partial charge in [-0.1, -0.05) is 27.5 Å². The van der Waals surface area contributed by atoms with E-state index in [1.54, 1.807) is 0 Å². The van der Waals surface area contributed by atoms with Gasteiger partial charge in [0, 0.05) is 11.0 Å². The van der Waals surface area contributed by atoms with Crippen LogP contribution in [0.1, 0.15) is 17.9 Å². The van der Waals surface area contributed by atoms with Crippen LogP contribution in [-0.4, -0.2) is 6.54 Å². The average molecular weight is 259 g/mol. The minimum Gasteiger partial charge on any atom is -0.383 e. The lowest BCUT2D eigenvalue weighted by molar-refractivity contribution is 0.814. The summed E-state index contributed by atoms with van der Waals surface area (Å²) >= 11 is 9.70. The van der Waals surface area contributed by atoms with Crippen LogP contribution in [0.15, 0.2) is 16.6 Å². The van der Waals surface area contributed by atoms with Gasteiger partial charge < -0.3 is 5.32 Å². The van der Waals surface area contributed by atoms with Gasteiger partial charge in [-0.3, -0.25) is 0 Å². The lowest BCUT2D eigenvalue weighted by Gasteiger charge is -2.19. The Balaban J connectivity index is 2.22. The van der Waals surface area contributed by atoms with Crippen molar-refractivity contribution in [2.24, 2.45) is 5.92 Å². The Morgan fingerprint density at radius 3 is 3.15 bits per heavy atom. The van der Waals surface area contributed by atoms with E-state index in [1.807, 2.05) is 12.1 Å². The molecule has 1 aromatic rings. The molecular weight excluding hydrogens is 249 g/mol. The first-order chi connectivity index (χ1) is 6.27. The van der Waals surface area contributed by atoms with E-state index in [4.69, 9.17) is 11.6 Å². The molecule has 2 aliphatic rings. The summed E-state index contributed by atoms with van der Waals surface area (Å²) in [6.45, 7) is 1.09. The van der Waals surface area contributed by atoms with Crippen molar-refractivity contribution in [1.82, 2.24) is 0 Å². The molecule has 3 heteroatoms. The molecule has 1 aliphatic carbocycles. The Bertz CT molecular complexity index is 377. The van der Waals surface area contributed by atoms with Gasteiger partial charge in [0.15, 0.2) is 0 Å². The lowest BCUT2D eigenvalue weighted by Crippen LogP contribution is -2.12. The molecule has 1 fully saturated rings. The first kappa shape index (κ1) is 8.13. The third kappa shape index (κ3) is 1.12. The number of hydrogen-bond acceptors (Lipinski definition) is 1. The third-order valence-electron chi connectivity index (χ3n) is 2.98. The molecule has 0 spiro atoms. The highest BCUT2D eigenvalue weighted by Crippen LogP contribution is 2.56. The van der Waals surface area contributed by atoms with Crippen molar-refractivity contribution in [1.29, 1.82) is 0 Å². The zero-order valence-corrected chi connectivity index (χ0v) is 9.32. The fourth-order valence-electron chi connectivity index (χ4n) is 2.17. The summed E-state index contributed by atoms with van der Waals surface area (Å²) in [5, 5.41) is 4.25. The van der Waals surface area contributed by atoms with Crippen molar-refractivity contribution in [3.05, 3.63) is 27.2 Å². The van der Waals surface area contributed by atoms with Crippen LogP contribution in [0.3, 0.4) is 0 Å². The first-order valence-electron chi connectivity index (χ1n) is 4.49. The Morgan fingerprint density at radius 2 is 2.31 bits per heavy atom. The van der Waals surface area contributed by atoms with Crippen molar-refractivity contribution in [2.45, 2.75) is 12.3 Å². The SMILES string of the molecule is Clc1ccc(Br)c2c1NCC1CC21. The quantitative estimate of drug-likeness (QED) is 0.749. The fraction of sp³-hybridized carbons (Fsp3) is 0.400. The van der Waals surface area contributed by atoms with E-state index in [9.17, 15) is 0 Å². The molecule has 1 N–H and O–H groups in total. The summed E-state index contributed by atoms with van der Waals surface area (Å²) in [7, 11) is 0. The third-order valence-corrected chi connectivity index (χ3v) is 3.98. The van der Waals surface area contributed by atoms with Gasteiger partial charge >= 0.3 is 0 Å². The summed E-state index contributed by atoms with van der Waals surface area (Å²) in [5.41, 5.74) is 2.54. The van der Waals surface area contributed by atoms with Gasteiger partial charge in [-0.05, 0) is 36.0 Å². The Labute approximate surface area is 90.6 Å². The van der Waals surface area contributed by atoms with Gasteiger partial charge in [0.25, 0.3) is 0 Å². The number of nitrogens with one attached hydrogen (secondary N) is 1. The second-order valence-corrected chi connectivity index (χ2v) is 5.06. The van der Waals surface area contributed by atoms with Crippen LogP contribution in [0.25, 0.3) is 0 Å². The van der Waals surface area contributed by atoms with Gasteiger partial charge in [-0.2, -0.15) is 0 Å². The van der Waals surface area contributed by atoms with Gasteiger partial charge in [0.1, 0.15) is 0 Å². The van der Waals surface area contributed by atoms with Crippen molar-refractivity contribution in [2.75, 3.05) is 11.9 Å². The number of rotatable bonds is 0. The fourth-order valence-corrected chi connectivity index (χ4v) is 3.03. The molecule has 2 atom stereocenters. The maximum absolute atomic E-state index is 6.11. The molecule has 3 rings (SSSR count). The lowest BCUT2D eigenvalue weighted by atomic mass is 10.0. The number of fused-ring (bicyclic) bond motifs is 3. The summed E-state index contributed by atoms with van der Waals surface area (Å²) in [6.07, 6.45) is 1.32. The molecule has 1 aromatic carbocycles. The number of benzene rings is 1. The van der Waals surface area contributed by atoms with Crippen molar-refractivity contribution in [3.8, 4) is 0 Å². The van der Waals surface area contributed by atoms with E-state index in [2.05, 4.69) is 21.2 Å². The van der Waals surface area contributed by atoms with Crippen LogP contribution < -0.4 is 5.32 Å². The predicted molar refractivity (Wildman–Crippen MR) is 58.5 cm³/mol.